The van der Waals surface area contributed by atoms with Gasteiger partial charge < -0.3 is 23.7 Å². The largest absolute Gasteiger partial charge is 0.472 e. The number of carbonyl (C=O) groups excluding carboxylic acids is 4. The summed E-state index contributed by atoms with van der Waals surface area (Å²) in [5.74, 6) is -3.83. The van der Waals surface area contributed by atoms with Gasteiger partial charge in [-0.1, -0.05) is 39.3 Å². The van der Waals surface area contributed by atoms with Gasteiger partial charge in [-0.3, -0.25) is 9.59 Å². The van der Waals surface area contributed by atoms with Crippen LogP contribution >= 0.6 is 0 Å². The molecule has 1 aliphatic heterocycles. The van der Waals surface area contributed by atoms with Gasteiger partial charge >= 0.3 is 17.9 Å². The van der Waals surface area contributed by atoms with Gasteiger partial charge in [0, 0.05) is 33.3 Å². The smallest absolute Gasteiger partial charge is 0.335 e. The van der Waals surface area contributed by atoms with Crippen molar-refractivity contribution in [2.75, 3.05) is 7.11 Å². The lowest BCUT2D eigenvalue weighted by atomic mass is 9.40. The molecule has 8 atom stereocenters. The third kappa shape index (κ3) is 4.14. The molecular weight excluding hydrogens is 528 g/mol. The molecule has 2 saturated carbocycles. The van der Waals surface area contributed by atoms with Crippen LogP contribution in [0.5, 0.6) is 0 Å². The highest BCUT2D eigenvalue weighted by Gasteiger charge is 2.70. The first-order valence-corrected chi connectivity index (χ1v) is 14.3. The van der Waals surface area contributed by atoms with E-state index in [-0.39, 0.29) is 24.1 Å². The lowest BCUT2D eigenvalue weighted by Gasteiger charge is -2.64. The number of rotatable bonds is 5. The minimum Gasteiger partial charge on any atom is -0.472 e. The fraction of sp³-hybridized carbons (Fsp3) is 0.625. The van der Waals surface area contributed by atoms with Crippen LogP contribution in [0.25, 0.3) is 0 Å². The van der Waals surface area contributed by atoms with Crippen molar-refractivity contribution in [3.63, 3.8) is 0 Å². The highest BCUT2D eigenvalue weighted by atomic mass is 16.6. The molecule has 1 aromatic rings. The second kappa shape index (κ2) is 9.96. The van der Waals surface area contributed by atoms with Crippen LogP contribution in [-0.2, 0) is 33.4 Å². The van der Waals surface area contributed by atoms with Crippen molar-refractivity contribution < 1.29 is 42.9 Å². The number of methoxy groups -OCH3 is 1. The number of aliphatic hydroxyl groups excluding tert-OH is 1. The maximum atomic E-state index is 14.5. The maximum absolute atomic E-state index is 14.5. The topological polar surface area (TPSA) is 129 Å². The summed E-state index contributed by atoms with van der Waals surface area (Å²) in [6, 6.07) is 1.80. The van der Waals surface area contributed by atoms with E-state index in [1.165, 1.54) is 7.11 Å². The van der Waals surface area contributed by atoms with Gasteiger partial charge in [0.25, 0.3) is 0 Å². The van der Waals surface area contributed by atoms with Crippen LogP contribution in [0, 0.1) is 34.0 Å². The van der Waals surface area contributed by atoms with Gasteiger partial charge in [0.05, 0.1) is 32.0 Å². The van der Waals surface area contributed by atoms with Gasteiger partial charge in [0.2, 0.25) is 0 Å². The van der Waals surface area contributed by atoms with Crippen LogP contribution in [-0.4, -0.2) is 48.1 Å². The van der Waals surface area contributed by atoms with Crippen LogP contribution < -0.4 is 0 Å². The van der Waals surface area contributed by atoms with Crippen LogP contribution in [0.15, 0.2) is 45.8 Å². The molecule has 3 aliphatic carbocycles. The second-order valence-electron chi connectivity index (χ2n) is 13.1. The van der Waals surface area contributed by atoms with Crippen LogP contribution in [0.4, 0.5) is 0 Å². The van der Waals surface area contributed by atoms with Crippen molar-refractivity contribution in [3.05, 3.63) is 47.0 Å². The number of aliphatic hydroxyl groups is 1. The SMILES string of the molecule is CC=C(C)C(=O)O[C@@H]1[C@@H]2CC3=C4CC(=O)O[C@@H](c5ccoc5)[C@]4(C)CC[C@H]3[C@@](C)(C2=O)C([C@@H](O)C(=O)OC)C1(C)C. The monoisotopic (exact) mass is 568 g/mol. The molecule has 41 heavy (non-hydrogen) atoms. The van der Waals surface area contributed by atoms with E-state index >= 15 is 0 Å². The molecule has 9 nitrogen and oxygen atoms in total. The standard InChI is InChI=1S/C32H40O9/c1-8-16(2)28(36)41-27-19-13-18-20(32(6,25(19)35)24(30(27,3)4)23(34)29(37)38-7)9-11-31(5)21(18)14-22(33)40-26(31)17-10-12-39-15-17/h8,10,12,15,19-20,23-24,26-27,34H,9,11,13-14H2,1-7H3/t19-,20-,23-,24?,26+,27-,31-,32-/m1/s1. The Morgan fingerprint density at radius 2 is 1.90 bits per heavy atom. The minimum atomic E-state index is -1.62. The number of carbonyl (C=O) groups is 4. The molecule has 4 aliphatic rings. The molecule has 0 amide bonds. The van der Waals surface area contributed by atoms with Gasteiger partial charge in [0.1, 0.15) is 18.0 Å². The zero-order valence-electron chi connectivity index (χ0n) is 24.8. The predicted octanol–water partition coefficient (Wildman–Crippen LogP) is 4.64. The maximum Gasteiger partial charge on any atom is 0.335 e. The van der Waals surface area contributed by atoms with Gasteiger partial charge in [-0.25, -0.2) is 9.59 Å². The molecule has 1 N–H and O–H groups in total. The predicted molar refractivity (Wildman–Crippen MR) is 146 cm³/mol. The van der Waals surface area contributed by atoms with Crippen LogP contribution in [0.3, 0.4) is 0 Å². The molecular formula is C32H40O9. The number of hydrogen-bond donors (Lipinski definition) is 1. The number of fused-ring (bicyclic) bond motifs is 5. The Bertz CT molecular complexity index is 1330. The lowest BCUT2D eigenvalue weighted by molar-refractivity contribution is -0.211. The summed E-state index contributed by atoms with van der Waals surface area (Å²) in [5.41, 5.74) is 0.392. The van der Waals surface area contributed by atoms with Gasteiger partial charge in [-0.15, -0.1) is 0 Å². The molecule has 2 bridgehead atoms. The Morgan fingerprint density at radius 1 is 1.20 bits per heavy atom. The van der Waals surface area contributed by atoms with E-state index in [0.717, 1.165) is 16.7 Å². The number of Topliss-reactive ketones (excluding diaryl/α,β-unsaturated/α-hetero) is 1. The normalized spacial score (nSPS) is 37.0. The van der Waals surface area contributed by atoms with E-state index in [9.17, 15) is 24.3 Å². The molecule has 2 heterocycles. The Morgan fingerprint density at radius 3 is 2.51 bits per heavy atom. The molecule has 1 aromatic heterocycles. The quantitative estimate of drug-likeness (QED) is 0.234. The van der Waals surface area contributed by atoms with Gasteiger partial charge in [-0.2, -0.15) is 0 Å². The highest BCUT2D eigenvalue weighted by molar-refractivity contribution is 5.94. The van der Waals surface area contributed by atoms with Gasteiger partial charge in [0.15, 0.2) is 6.10 Å². The summed E-state index contributed by atoms with van der Waals surface area (Å²) in [6.07, 6.45) is 3.34. The first kappa shape index (κ1) is 29.3. The average Bonchev–Trinajstić information content (AvgIpc) is 3.46. The zero-order chi connectivity index (χ0) is 30.1. The second-order valence-corrected chi connectivity index (χ2v) is 13.1. The summed E-state index contributed by atoms with van der Waals surface area (Å²) < 4.78 is 22.3. The van der Waals surface area contributed by atoms with Crippen molar-refractivity contribution in [2.24, 2.45) is 34.0 Å². The Kier molecular flexibility index (Phi) is 7.12. The summed E-state index contributed by atoms with van der Waals surface area (Å²) >= 11 is 0. The number of esters is 3. The van der Waals surface area contributed by atoms with E-state index < -0.39 is 58.3 Å². The molecule has 5 rings (SSSR count). The summed E-state index contributed by atoms with van der Waals surface area (Å²) in [6.45, 7) is 11.0. The molecule has 0 aromatic carbocycles. The van der Waals surface area contributed by atoms with E-state index in [4.69, 9.17) is 18.6 Å². The van der Waals surface area contributed by atoms with E-state index in [1.807, 2.05) is 20.8 Å². The third-order valence-electron chi connectivity index (χ3n) is 10.8. The Labute approximate surface area is 240 Å². The number of furan rings is 1. The van der Waals surface area contributed by atoms with E-state index in [0.29, 0.717) is 24.8 Å². The van der Waals surface area contributed by atoms with Gasteiger partial charge in [-0.05, 0) is 50.7 Å². The number of allylic oxidation sites excluding steroid dienone is 2. The van der Waals surface area contributed by atoms with E-state index in [2.05, 4.69) is 6.92 Å². The fourth-order valence-electron chi connectivity index (χ4n) is 8.72. The lowest BCUT2D eigenvalue weighted by Crippen LogP contribution is -2.69. The number of hydrogen-bond acceptors (Lipinski definition) is 9. The van der Waals surface area contributed by atoms with Crippen LogP contribution in [0.2, 0.25) is 0 Å². The minimum absolute atomic E-state index is 0.0867. The first-order valence-electron chi connectivity index (χ1n) is 14.3. The first-order chi connectivity index (χ1) is 19.2. The fourth-order valence-corrected chi connectivity index (χ4v) is 8.72. The van der Waals surface area contributed by atoms with Crippen molar-refractivity contribution in [2.45, 2.75) is 85.5 Å². The Balaban J connectivity index is 1.71. The number of ketones is 1. The molecule has 9 heteroatoms. The molecule has 222 valence electrons. The molecule has 1 saturated heterocycles. The molecule has 3 fully saturated rings. The Hall–Kier alpha value is -3.20. The average molecular weight is 569 g/mol. The zero-order valence-corrected chi connectivity index (χ0v) is 24.8. The summed E-state index contributed by atoms with van der Waals surface area (Å²) in [4.78, 5) is 53.5. The number of ether oxygens (including phenoxy) is 3. The van der Waals surface area contributed by atoms with Crippen LogP contribution in [0.1, 0.15) is 78.9 Å². The van der Waals surface area contributed by atoms with Crippen molar-refractivity contribution >= 4 is 23.7 Å². The third-order valence-corrected chi connectivity index (χ3v) is 10.8. The molecule has 0 spiro atoms. The van der Waals surface area contributed by atoms with Crippen molar-refractivity contribution in [1.29, 1.82) is 0 Å². The van der Waals surface area contributed by atoms with Crippen molar-refractivity contribution in [1.82, 2.24) is 0 Å². The highest BCUT2D eigenvalue weighted by Crippen LogP contribution is 2.68. The number of cyclic esters (lactones) is 1. The molecule has 0 radical (unpaired) electrons. The molecule has 1 unspecified atom stereocenters. The summed E-state index contributed by atoms with van der Waals surface area (Å²) in [5, 5.41) is 11.5. The van der Waals surface area contributed by atoms with E-state index in [1.54, 1.807) is 38.5 Å². The van der Waals surface area contributed by atoms with Crippen molar-refractivity contribution in [3.8, 4) is 0 Å². The summed E-state index contributed by atoms with van der Waals surface area (Å²) in [7, 11) is 1.20.